The highest BCUT2D eigenvalue weighted by atomic mass is 79.9. The summed E-state index contributed by atoms with van der Waals surface area (Å²) in [6.45, 7) is 0.730. The molecule has 2 aromatic carbocycles. The van der Waals surface area contributed by atoms with Crippen LogP contribution in [0.15, 0.2) is 46.9 Å². The van der Waals surface area contributed by atoms with Crippen LogP contribution in [0.4, 0.5) is 0 Å². The van der Waals surface area contributed by atoms with Crippen molar-refractivity contribution in [2.24, 2.45) is 0 Å². The number of aliphatic hydroxyl groups is 1. The molecule has 0 aliphatic heterocycles. The molecule has 5 heteroatoms. The number of benzene rings is 2. The van der Waals surface area contributed by atoms with Crippen LogP contribution in [0.25, 0.3) is 0 Å². The Bertz CT molecular complexity index is 569. The zero-order valence-electron chi connectivity index (χ0n) is 11.7. The number of aliphatic hydroxyl groups excluding tert-OH is 1. The first kappa shape index (κ1) is 15.7. The van der Waals surface area contributed by atoms with Crippen LogP contribution in [0.1, 0.15) is 5.56 Å². The van der Waals surface area contributed by atoms with Gasteiger partial charge in [0.25, 0.3) is 0 Å². The second-order valence-electron chi connectivity index (χ2n) is 4.28. The Morgan fingerprint density at radius 1 is 0.952 bits per heavy atom. The monoisotopic (exact) mass is 352 g/mol. The summed E-state index contributed by atoms with van der Waals surface area (Å²) in [5, 5.41) is 9.33. The Morgan fingerprint density at radius 3 is 2.29 bits per heavy atom. The quantitative estimate of drug-likeness (QED) is 0.775. The molecule has 0 fully saturated rings. The molecule has 4 nitrogen and oxygen atoms in total. The van der Waals surface area contributed by atoms with Crippen LogP contribution >= 0.6 is 15.9 Å². The van der Waals surface area contributed by atoms with Crippen LogP contribution in [0.2, 0.25) is 0 Å². The summed E-state index contributed by atoms with van der Waals surface area (Å²) >= 11 is 3.37. The van der Waals surface area contributed by atoms with Crippen LogP contribution < -0.4 is 14.2 Å². The van der Waals surface area contributed by atoms with Crippen molar-refractivity contribution in [3.05, 3.63) is 52.5 Å². The lowest BCUT2D eigenvalue weighted by Crippen LogP contribution is -2.10. The van der Waals surface area contributed by atoms with E-state index in [4.69, 9.17) is 14.2 Å². The molecule has 2 rings (SSSR count). The van der Waals surface area contributed by atoms with Crippen LogP contribution in [0, 0.1) is 0 Å². The first-order valence-electron chi connectivity index (χ1n) is 6.52. The van der Waals surface area contributed by atoms with Crippen molar-refractivity contribution in [3.8, 4) is 17.2 Å². The predicted molar refractivity (Wildman–Crippen MR) is 84.0 cm³/mol. The average molecular weight is 353 g/mol. The fourth-order valence-electron chi connectivity index (χ4n) is 1.79. The second-order valence-corrected chi connectivity index (χ2v) is 5.20. The Labute approximate surface area is 132 Å². The van der Waals surface area contributed by atoms with Gasteiger partial charge in [0, 0.05) is 10.0 Å². The molecule has 0 radical (unpaired) electrons. The Kier molecular flexibility index (Phi) is 5.90. The van der Waals surface area contributed by atoms with Gasteiger partial charge in [-0.3, -0.25) is 0 Å². The van der Waals surface area contributed by atoms with Crippen molar-refractivity contribution >= 4 is 15.9 Å². The summed E-state index contributed by atoms with van der Waals surface area (Å²) < 4.78 is 17.3. The van der Waals surface area contributed by atoms with Gasteiger partial charge in [-0.05, 0) is 42.5 Å². The molecule has 0 aliphatic carbocycles. The summed E-state index contributed by atoms with van der Waals surface area (Å²) in [4.78, 5) is 0. The van der Waals surface area contributed by atoms with Crippen molar-refractivity contribution in [3.63, 3.8) is 0 Å². The minimum absolute atomic E-state index is 0.0971. The molecule has 0 bridgehead atoms. The number of hydrogen-bond acceptors (Lipinski definition) is 4. The van der Waals surface area contributed by atoms with Gasteiger partial charge in [0.2, 0.25) is 0 Å². The fraction of sp³-hybridized carbons (Fsp3) is 0.250. The highest BCUT2D eigenvalue weighted by Gasteiger charge is 2.05. The van der Waals surface area contributed by atoms with E-state index < -0.39 is 0 Å². The van der Waals surface area contributed by atoms with Gasteiger partial charge in [-0.2, -0.15) is 0 Å². The van der Waals surface area contributed by atoms with E-state index in [2.05, 4.69) is 15.9 Å². The number of methoxy groups -OCH3 is 1. The molecule has 0 atom stereocenters. The van der Waals surface area contributed by atoms with E-state index in [1.54, 1.807) is 25.3 Å². The van der Waals surface area contributed by atoms with E-state index in [0.29, 0.717) is 30.3 Å². The lowest BCUT2D eigenvalue weighted by Gasteiger charge is -2.12. The summed E-state index contributed by atoms with van der Waals surface area (Å²) in [5.74, 6) is 2.12. The first-order valence-corrected chi connectivity index (χ1v) is 7.31. The first-order chi connectivity index (χ1) is 10.2. The van der Waals surface area contributed by atoms with Gasteiger partial charge in [-0.25, -0.2) is 0 Å². The number of rotatable bonds is 7. The van der Waals surface area contributed by atoms with E-state index in [1.165, 1.54) is 0 Å². The van der Waals surface area contributed by atoms with Gasteiger partial charge in [0.15, 0.2) is 0 Å². The third kappa shape index (κ3) is 4.65. The molecule has 21 heavy (non-hydrogen) atoms. The van der Waals surface area contributed by atoms with Crippen LogP contribution in [0.3, 0.4) is 0 Å². The topological polar surface area (TPSA) is 47.9 Å². The van der Waals surface area contributed by atoms with Gasteiger partial charge >= 0.3 is 0 Å². The zero-order chi connectivity index (χ0) is 15.1. The Balaban J connectivity index is 1.84. The molecule has 0 saturated heterocycles. The third-order valence-corrected chi connectivity index (χ3v) is 3.39. The fourth-order valence-corrected chi connectivity index (χ4v) is 2.05. The largest absolute Gasteiger partial charge is 0.497 e. The molecular weight excluding hydrogens is 336 g/mol. The van der Waals surface area contributed by atoms with Crippen molar-refractivity contribution in [1.29, 1.82) is 0 Å². The van der Waals surface area contributed by atoms with E-state index >= 15 is 0 Å². The molecule has 0 spiro atoms. The smallest absolute Gasteiger partial charge is 0.125 e. The van der Waals surface area contributed by atoms with E-state index in [1.807, 2.05) is 24.3 Å². The lowest BCUT2D eigenvalue weighted by atomic mass is 10.2. The number of halogens is 1. The van der Waals surface area contributed by atoms with Gasteiger partial charge in [-0.1, -0.05) is 15.9 Å². The van der Waals surface area contributed by atoms with Gasteiger partial charge < -0.3 is 19.3 Å². The molecule has 1 N–H and O–H groups in total. The van der Waals surface area contributed by atoms with Crippen LogP contribution in [0.5, 0.6) is 17.2 Å². The Hall–Kier alpha value is -1.72. The van der Waals surface area contributed by atoms with Crippen molar-refractivity contribution in [1.82, 2.24) is 0 Å². The molecule has 0 heterocycles. The maximum atomic E-state index is 9.33. The minimum Gasteiger partial charge on any atom is -0.497 e. The molecular formula is C16H17BrO4. The SMILES string of the molecule is COc1ccc(OCCOc2ccc(Br)cc2)c(CO)c1. The molecule has 112 valence electrons. The summed E-state index contributed by atoms with van der Waals surface area (Å²) in [5.41, 5.74) is 0.693. The number of ether oxygens (including phenoxy) is 3. The van der Waals surface area contributed by atoms with E-state index in [9.17, 15) is 5.11 Å². The van der Waals surface area contributed by atoms with Gasteiger partial charge in [-0.15, -0.1) is 0 Å². The van der Waals surface area contributed by atoms with Gasteiger partial charge in [0.1, 0.15) is 30.5 Å². The van der Waals surface area contributed by atoms with E-state index in [0.717, 1.165) is 10.2 Å². The summed E-state index contributed by atoms with van der Waals surface area (Å²) in [7, 11) is 1.59. The minimum atomic E-state index is -0.0971. The molecule has 0 saturated carbocycles. The molecule has 2 aromatic rings. The summed E-state index contributed by atoms with van der Waals surface area (Å²) in [6.07, 6.45) is 0. The zero-order valence-corrected chi connectivity index (χ0v) is 13.3. The van der Waals surface area contributed by atoms with Crippen molar-refractivity contribution < 1.29 is 19.3 Å². The maximum Gasteiger partial charge on any atom is 0.125 e. The summed E-state index contributed by atoms with van der Waals surface area (Å²) in [6, 6.07) is 12.9. The van der Waals surface area contributed by atoms with Gasteiger partial charge in [0.05, 0.1) is 13.7 Å². The molecule has 0 unspecified atom stereocenters. The van der Waals surface area contributed by atoms with Crippen molar-refractivity contribution in [2.45, 2.75) is 6.61 Å². The van der Waals surface area contributed by atoms with E-state index in [-0.39, 0.29) is 6.61 Å². The second kappa shape index (κ2) is 7.90. The number of hydrogen-bond donors (Lipinski definition) is 1. The predicted octanol–water partition coefficient (Wildman–Crippen LogP) is 3.41. The Morgan fingerprint density at radius 2 is 1.62 bits per heavy atom. The molecule has 0 amide bonds. The van der Waals surface area contributed by atoms with Crippen molar-refractivity contribution in [2.75, 3.05) is 20.3 Å². The highest BCUT2D eigenvalue weighted by Crippen LogP contribution is 2.24. The third-order valence-electron chi connectivity index (χ3n) is 2.86. The molecule has 0 aliphatic rings. The van der Waals surface area contributed by atoms with Crippen LogP contribution in [-0.2, 0) is 6.61 Å². The maximum absolute atomic E-state index is 9.33. The average Bonchev–Trinajstić information content (AvgIpc) is 2.53. The van der Waals surface area contributed by atoms with Crippen LogP contribution in [-0.4, -0.2) is 25.4 Å². The lowest BCUT2D eigenvalue weighted by molar-refractivity contribution is 0.209. The highest BCUT2D eigenvalue weighted by molar-refractivity contribution is 9.10. The molecule has 0 aromatic heterocycles. The normalized spacial score (nSPS) is 10.2. The standard InChI is InChI=1S/C16H17BrO4/c1-19-15-6-7-16(12(10-15)11-18)21-9-8-20-14-4-2-13(17)3-5-14/h2-7,10,18H,8-9,11H2,1H3.